The molecule has 3 fully saturated rings. The first-order chi connectivity index (χ1) is 17.0. The summed E-state index contributed by atoms with van der Waals surface area (Å²) in [6.45, 7) is 3.30. The van der Waals surface area contributed by atoms with Gasteiger partial charge in [0.2, 0.25) is 11.9 Å². The quantitative estimate of drug-likeness (QED) is 0.474. The monoisotopic (exact) mass is 557 g/mol. The molecule has 2 aliphatic carbocycles. The predicted octanol–water partition coefficient (Wildman–Crippen LogP) is 3.87. The second-order valence-electron chi connectivity index (χ2n) is 9.76. The van der Waals surface area contributed by atoms with E-state index >= 15 is 0 Å². The summed E-state index contributed by atoms with van der Waals surface area (Å²) >= 11 is 3.54. The number of carbonyl (C=O) groups excluding carboxylic acids is 2. The van der Waals surface area contributed by atoms with Crippen LogP contribution in [0.1, 0.15) is 49.9 Å². The largest absolute Gasteiger partial charge is 0.365 e. The molecule has 9 nitrogen and oxygen atoms in total. The Labute approximate surface area is 221 Å². The molecule has 0 unspecified atom stereocenters. The first-order valence-electron chi connectivity index (χ1n) is 12.4. The SMILES string of the molecule is C.CN1CCN(C(=O)c2ccc(Nc3ncc(Br)c(N[C@@H]4CCC[C@@H]4C(=O)NC4CC4)n3)cc2)CC1. The lowest BCUT2D eigenvalue weighted by molar-refractivity contribution is -0.125. The summed E-state index contributed by atoms with van der Waals surface area (Å²) in [5.74, 6) is 1.29. The van der Waals surface area contributed by atoms with E-state index in [0.717, 1.165) is 68.4 Å². The van der Waals surface area contributed by atoms with Crippen LogP contribution in [0.3, 0.4) is 0 Å². The highest BCUT2D eigenvalue weighted by Gasteiger charge is 2.36. The normalized spacial score (nSPS) is 22.0. The summed E-state index contributed by atoms with van der Waals surface area (Å²) in [5, 5.41) is 9.83. The van der Waals surface area contributed by atoms with Gasteiger partial charge in [0.15, 0.2) is 0 Å². The van der Waals surface area contributed by atoms with Gasteiger partial charge in [-0.05, 0) is 72.9 Å². The maximum atomic E-state index is 12.8. The number of rotatable bonds is 7. The third-order valence-electron chi connectivity index (χ3n) is 7.02. The standard InChI is InChI=1S/C25H32BrN7O2.CH4/c1-32-11-13-33(14-12-32)24(35)16-5-7-18(8-6-16)29-25-27-15-20(26)22(31-25)30-21-4-2-3-19(21)23(34)28-17-9-10-17;/h5-8,15,17,19,21H,2-4,9-14H2,1H3,(H,28,34)(H2,27,29,30,31);1H4/t19-,21+;/m0./s1. The van der Waals surface area contributed by atoms with Crippen LogP contribution in [0.2, 0.25) is 0 Å². The van der Waals surface area contributed by atoms with Crippen molar-refractivity contribution in [3.8, 4) is 0 Å². The Morgan fingerprint density at radius 2 is 1.75 bits per heavy atom. The molecule has 10 heteroatoms. The summed E-state index contributed by atoms with van der Waals surface area (Å²) in [6.07, 6.45) is 6.74. The van der Waals surface area contributed by atoms with Crippen molar-refractivity contribution in [2.45, 2.75) is 51.6 Å². The Bertz CT molecular complexity index is 1070. The molecule has 1 saturated heterocycles. The lowest BCUT2D eigenvalue weighted by atomic mass is 10.0. The molecule has 2 saturated carbocycles. The molecule has 0 spiro atoms. The first kappa shape index (κ1) is 26.3. The maximum Gasteiger partial charge on any atom is 0.253 e. The molecule has 0 radical (unpaired) electrons. The van der Waals surface area contributed by atoms with E-state index in [4.69, 9.17) is 0 Å². The average Bonchev–Trinajstić information content (AvgIpc) is 3.55. The molecule has 1 aliphatic heterocycles. The number of amides is 2. The van der Waals surface area contributed by atoms with Crippen molar-refractivity contribution in [3.05, 3.63) is 40.5 Å². The number of benzene rings is 1. The summed E-state index contributed by atoms with van der Waals surface area (Å²) in [5.41, 5.74) is 1.48. The second-order valence-corrected chi connectivity index (χ2v) is 10.6. The topological polar surface area (TPSA) is 102 Å². The summed E-state index contributed by atoms with van der Waals surface area (Å²) < 4.78 is 0.754. The number of nitrogens with one attached hydrogen (secondary N) is 3. The van der Waals surface area contributed by atoms with Crippen LogP contribution in [0.5, 0.6) is 0 Å². The lowest BCUT2D eigenvalue weighted by Crippen LogP contribution is -2.47. The molecule has 2 heterocycles. The first-order valence-corrected chi connectivity index (χ1v) is 13.2. The van der Waals surface area contributed by atoms with Crippen molar-refractivity contribution in [1.82, 2.24) is 25.1 Å². The Hall–Kier alpha value is -2.72. The maximum absolute atomic E-state index is 12.8. The Morgan fingerprint density at radius 3 is 2.44 bits per heavy atom. The molecule has 194 valence electrons. The van der Waals surface area contributed by atoms with Gasteiger partial charge in [0.25, 0.3) is 5.91 Å². The smallest absolute Gasteiger partial charge is 0.253 e. The molecular weight excluding hydrogens is 522 g/mol. The van der Waals surface area contributed by atoms with Gasteiger partial charge in [-0.3, -0.25) is 9.59 Å². The molecule has 2 aromatic rings. The van der Waals surface area contributed by atoms with Crippen LogP contribution >= 0.6 is 15.9 Å². The number of anilines is 3. The third kappa shape index (κ3) is 6.34. The van der Waals surface area contributed by atoms with E-state index in [9.17, 15) is 9.59 Å². The van der Waals surface area contributed by atoms with E-state index in [2.05, 4.69) is 53.8 Å². The number of hydrogen-bond donors (Lipinski definition) is 3. The molecule has 3 N–H and O–H groups in total. The minimum absolute atomic E-state index is 0. The average molecular weight is 559 g/mol. The molecule has 0 bridgehead atoms. The van der Waals surface area contributed by atoms with E-state index in [1.807, 2.05) is 29.2 Å². The molecular formula is C26H36BrN7O2. The molecule has 2 atom stereocenters. The third-order valence-corrected chi connectivity index (χ3v) is 7.60. The summed E-state index contributed by atoms with van der Waals surface area (Å²) in [4.78, 5) is 38.6. The highest BCUT2D eigenvalue weighted by molar-refractivity contribution is 9.10. The number of likely N-dealkylation sites (N-methyl/N-ethyl adjacent to an activating group) is 1. The number of hydrogen-bond acceptors (Lipinski definition) is 7. The van der Waals surface area contributed by atoms with E-state index in [-0.39, 0.29) is 31.2 Å². The van der Waals surface area contributed by atoms with Crippen molar-refractivity contribution in [3.63, 3.8) is 0 Å². The number of carbonyl (C=O) groups is 2. The van der Waals surface area contributed by atoms with Crippen LogP contribution < -0.4 is 16.0 Å². The minimum atomic E-state index is -0.0424. The highest BCUT2D eigenvalue weighted by atomic mass is 79.9. The highest BCUT2D eigenvalue weighted by Crippen LogP contribution is 2.32. The van der Waals surface area contributed by atoms with Crippen molar-refractivity contribution in [1.29, 1.82) is 0 Å². The van der Waals surface area contributed by atoms with Crippen molar-refractivity contribution >= 4 is 45.2 Å². The van der Waals surface area contributed by atoms with Gasteiger partial charge in [0.05, 0.1) is 10.4 Å². The van der Waals surface area contributed by atoms with Crippen LogP contribution in [0.15, 0.2) is 34.9 Å². The van der Waals surface area contributed by atoms with Gasteiger partial charge < -0.3 is 25.8 Å². The van der Waals surface area contributed by atoms with E-state index in [1.54, 1.807) is 6.20 Å². The fraction of sp³-hybridized carbons (Fsp3) is 0.538. The van der Waals surface area contributed by atoms with Crippen LogP contribution in [-0.2, 0) is 4.79 Å². The van der Waals surface area contributed by atoms with Gasteiger partial charge >= 0.3 is 0 Å². The minimum Gasteiger partial charge on any atom is -0.365 e. The molecule has 2 amide bonds. The van der Waals surface area contributed by atoms with E-state index in [0.29, 0.717) is 23.4 Å². The molecule has 1 aromatic heterocycles. The van der Waals surface area contributed by atoms with Gasteiger partial charge in [-0.2, -0.15) is 4.98 Å². The lowest BCUT2D eigenvalue weighted by Gasteiger charge is -2.32. The summed E-state index contributed by atoms with van der Waals surface area (Å²) in [7, 11) is 2.07. The summed E-state index contributed by atoms with van der Waals surface area (Å²) in [6, 6.07) is 7.83. The predicted molar refractivity (Wildman–Crippen MR) is 146 cm³/mol. The zero-order chi connectivity index (χ0) is 24.4. The van der Waals surface area contributed by atoms with Crippen molar-refractivity contribution < 1.29 is 9.59 Å². The molecule has 5 rings (SSSR count). The second kappa shape index (κ2) is 11.6. The van der Waals surface area contributed by atoms with Gasteiger partial charge in [0.1, 0.15) is 5.82 Å². The van der Waals surface area contributed by atoms with Gasteiger partial charge in [-0.1, -0.05) is 13.8 Å². The van der Waals surface area contributed by atoms with E-state index in [1.165, 1.54) is 0 Å². The Kier molecular flexibility index (Phi) is 8.46. The fourth-order valence-electron chi connectivity index (χ4n) is 4.70. The van der Waals surface area contributed by atoms with Crippen LogP contribution in [0.25, 0.3) is 0 Å². The zero-order valence-electron chi connectivity index (χ0n) is 20.0. The van der Waals surface area contributed by atoms with Gasteiger partial charge in [-0.15, -0.1) is 0 Å². The van der Waals surface area contributed by atoms with Gasteiger partial charge in [0, 0.05) is 55.7 Å². The van der Waals surface area contributed by atoms with Crippen molar-refractivity contribution in [2.75, 3.05) is 43.9 Å². The van der Waals surface area contributed by atoms with Crippen molar-refractivity contribution in [2.24, 2.45) is 5.92 Å². The zero-order valence-corrected chi connectivity index (χ0v) is 21.6. The fourth-order valence-corrected chi connectivity index (χ4v) is 5.01. The Balaban J connectivity index is 0.00000304. The van der Waals surface area contributed by atoms with E-state index < -0.39 is 0 Å². The Morgan fingerprint density at radius 1 is 1.03 bits per heavy atom. The van der Waals surface area contributed by atoms with Crippen LogP contribution in [0, 0.1) is 5.92 Å². The molecule has 36 heavy (non-hydrogen) atoms. The molecule has 3 aliphatic rings. The number of halogens is 1. The number of piperazine rings is 1. The molecule has 1 aromatic carbocycles. The number of nitrogens with zero attached hydrogens (tertiary/aromatic N) is 4. The van der Waals surface area contributed by atoms with Gasteiger partial charge in [-0.25, -0.2) is 4.98 Å². The van der Waals surface area contributed by atoms with Crippen LogP contribution in [0.4, 0.5) is 17.5 Å². The van der Waals surface area contributed by atoms with Crippen LogP contribution in [-0.4, -0.2) is 76.9 Å². The number of aromatic nitrogens is 2.